The van der Waals surface area contributed by atoms with Crippen molar-refractivity contribution in [3.05, 3.63) is 92.6 Å². The Morgan fingerprint density at radius 2 is 1.97 bits per heavy atom. The van der Waals surface area contributed by atoms with Crippen LogP contribution < -0.4 is 14.2 Å². The summed E-state index contributed by atoms with van der Waals surface area (Å²) in [7, 11) is 0. The number of carbonyl (C=O) groups is 2. The normalized spacial score (nSPS) is 15.1. The van der Waals surface area contributed by atoms with E-state index in [9.17, 15) is 9.59 Å². The zero-order chi connectivity index (χ0) is 24.4. The topological polar surface area (TPSA) is 80.3 Å². The number of fused-ring (bicyclic) bond motifs is 2. The largest absolute Gasteiger partial charge is 0.482 e. The van der Waals surface area contributed by atoms with Crippen molar-refractivity contribution in [1.29, 1.82) is 0 Å². The molecule has 7 nitrogen and oxygen atoms in total. The summed E-state index contributed by atoms with van der Waals surface area (Å²) < 4.78 is 28.6. The Hall–Kier alpha value is -3.62. The lowest BCUT2D eigenvalue weighted by molar-refractivity contribution is -0.147. The van der Waals surface area contributed by atoms with E-state index >= 15 is 0 Å². The van der Waals surface area contributed by atoms with Crippen LogP contribution in [0.15, 0.2) is 64.8 Å². The van der Waals surface area contributed by atoms with Crippen molar-refractivity contribution in [3.8, 4) is 17.2 Å². The van der Waals surface area contributed by atoms with Crippen LogP contribution in [-0.2, 0) is 27.5 Å². The van der Waals surface area contributed by atoms with Gasteiger partial charge in [-0.25, -0.2) is 4.79 Å². The molecule has 0 aliphatic carbocycles. The summed E-state index contributed by atoms with van der Waals surface area (Å²) in [4.78, 5) is 25.2. The van der Waals surface area contributed by atoms with Crippen LogP contribution in [0.1, 0.15) is 32.6 Å². The fourth-order valence-corrected chi connectivity index (χ4v) is 4.46. The van der Waals surface area contributed by atoms with Crippen LogP contribution >= 0.6 is 15.9 Å². The summed E-state index contributed by atoms with van der Waals surface area (Å²) >= 11 is 3.49. The Bertz CT molecular complexity index is 1330. The van der Waals surface area contributed by atoms with Gasteiger partial charge >= 0.3 is 5.97 Å². The summed E-state index contributed by atoms with van der Waals surface area (Å²) in [5.41, 5.74) is 3.63. The van der Waals surface area contributed by atoms with Crippen molar-refractivity contribution in [2.75, 3.05) is 13.4 Å². The van der Waals surface area contributed by atoms with Gasteiger partial charge in [0.05, 0.1) is 12.2 Å². The van der Waals surface area contributed by atoms with E-state index in [0.29, 0.717) is 40.5 Å². The first-order valence-corrected chi connectivity index (χ1v) is 11.7. The van der Waals surface area contributed by atoms with Crippen LogP contribution in [0.25, 0.3) is 6.08 Å². The van der Waals surface area contributed by atoms with Crippen LogP contribution in [0.5, 0.6) is 17.2 Å². The number of benzene rings is 3. The number of aryl methyl sites for hydroxylation is 1. The zero-order valence-corrected chi connectivity index (χ0v) is 20.4. The molecular formula is C27H21BrO7. The van der Waals surface area contributed by atoms with E-state index in [2.05, 4.69) is 15.9 Å². The molecule has 0 unspecified atom stereocenters. The van der Waals surface area contributed by atoms with Gasteiger partial charge in [0, 0.05) is 21.7 Å². The number of hydrogen-bond donors (Lipinski definition) is 0. The molecule has 0 radical (unpaired) electrons. The van der Waals surface area contributed by atoms with Crippen LogP contribution in [-0.4, -0.2) is 25.2 Å². The first kappa shape index (κ1) is 23.1. The van der Waals surface area contributed by atoms with E-state index in [-0.39, 0.29) is 31.5 Å². The molecule has 0 atom stereocenters. The Labute approximate surface area is 210 Å². The second kappa shape index (κ2) is 9.93. The minimum Gasteiger partial charge on any atom is -0.482 e. The third kappa shape index (κ3) is 5.08. The van der Waals surface area contributed by atoms with E-state index in [4.69, 9.17) is 23.7 Å². The molecule has 2 aliphatic rings. The van der Waals surface area contributed by atoms with Crippen molar-refractivity contribution in [3.63, 3.8) is 0 Å². The summed E-state index contributed by atoms with van der Waals surface area (Å²) in [6.07, 6.45) is 1.66. The Kier molecular flexibility index (Phi) is 6.57. The van der Waals surface area contributed by atoms with E-state index in [1.54, 1.807) is 25.1 Å². The van der Waals surface area contributed by atoms with E-state index in [0.717, 1.165) is 15.6 Å². The molecule has 0 aromatic heterocycles. The molecule has 0 N–H and O–H groups in total. The Morgan fingerprint density at radius 3 is 2.80 bits per heavy atom. The number of halogens is 1. The Morgan fingerprint density at radius 1 is 1.14 bits per heavy atom. The average Bonchev–Trinajstić information content (AvgIpc) is 3.17. The number of ketones is 1. The molecule has 0 bridgehead atoms. The molecule has 0 saturated heterocycles. The molecular weight excluding hydrogens is 516 g/mol. The molecule has 2 heterocycles. The van der Waals surface area contributed by atoms with E-state index in [1.165, 1.54) is 0 Å². The molecule has 3 aromatic rings. The smallest absolute Gasteiger partial charge is 0.344 e. The highest BCUT2D eigenvalue weighted by molar-refractivity contribution is 9.10. The van der Waals surface area contributed by atoms with Crippen LogP contribution in [0.4, 0.5) is 0 Å². The van der Waals surface area contributed by atoms with Gasteiger partial charge in [-0.1, -0.05) is 46.3 Å². The quantitative estimate of drug-likeness (QED) is 0.309. The number of allylic oxidation sites excluding steroid dienone is 1. The fourth-order valence-electron chi connectivity index (χ4n) is 3.94. The minimum atomic E-state index is -0.493. The average molecular weight is 537 g/mol. The fraction of sp³-hybridized carbons (Fsp3) is 0.185. The van der Waals surface area contributed by atoms with Crippen molar-refractivity contribution >= 4 is 33.8 Å². The molecule has 0 amide bonds. The number of hydrogen-bond acceptors (Lipinski definition) is 7. The lowest BCUT2D eigenvalue weighted by Crippen LogP contribution is -2.14. The highest BCUT2D eigenvalue weighted by Crippen LogP contribution is 2.39. The summed E-state index contributed by atoms with van der Waals surface area (Å²) in [6.45, 7) is 2.28. The Balaban J connectivity index is 1.30. The standard InChI is InChI=1S/C27H21BrO7/c1-16-7-21(32-14-24(29)33-12-17-5-3-2-4-6-17)11-22-25(16)26(30)23(35-22)10-18-8-20(28)9-19-13-31-15-34-27(18)19/h2-11H,12-15H2,1H3/b23-10-. The highest BCUT2D eigenvalue weighted by Gasteiger charge is 2.31. The molecule has 35 heavy (non-hydrogen) atoms. The molecule has 5 rings (SSSR count). The highest BCUT2D eigenvalue weighted by atomic mass is 79.9. The number of Topliss-reactive ketones (excluding diaryl/α,β-unsaturated/α-hetero) is 1. The van der Waals surface area contributed by atoms with Crippen molar-refractivity contribution in [2.24, 2.45) is 0 Å². The number of rotatable bonds is 6. The van der Waals surface area contributed by atoms with Gasteiger partial charge in [-0.05, 0) is 42.3 Å². The van der Waals surface area contributed by atoms with Crippen LogP contribution in [0.3, 0.4) is 0 Å². The van der Waals surface area contributed by atoms with Gasteiger partial charge in [0.1, 0.15) is 23.9 Å². The molecule has 8 heteroatoms. The minimum absolute atomic E-state index is 0.146. The second-order valence-corrected chi connectivity index (χ2v) is 9.00. The van der Waals surface area contributed by atoms with Gasteiger partial charge in [-0.2, -0.15) is 0 Å². The number of ether oxygens (including phenoxy) is 5. The lowest BCUT2D eigenvalue weighted by atomic mass is 10.0. The van der Waals surface area contributed by atoms with Gasteiger partial charge in [0.25, 0.3) is 0 Å². The number of esters is 1. The molecule has 0 spiro atoms. The monoisotopic (exact) mass is 536 g/mol. The van der Waals surface area contributed by atoms with Crippen LogP contribution in [0.2, 0.25) is 0 Å². The van der Waals surface area contributed by atoms with Gasteiger partial charge < -0.3 is 23.7 Å². The van der Waals surface area contributed by atoms with E-state index in [1.807, 2.05) is 42.5 Å². The van der Waals surface area contributed by atoms with Gasteiger partial charge in [-0.15, -0.1) is 0 Å². The predicted octanol–water partition coefficient (Wildman–Crippen LogP) is 5.36. The maximum atomic E-state index is 13.1. The van der Waals surface area contributed by atoms with Crippen molar-refractivity contribution < 1.29 is 33.3 Å². The van der Waals surface area contributed by atoms with Gasteiger partial charge in [-0.3, -0.25) is 4.79 Å². The maximum absolute atomic E-state index is 13.1. The maximum Gasteiger partial charge on any atom is 0.344 e. The SMILES string of the molecule is Cc1cc(OCC(=O)OCc2ccccc2)cc2c1C(=O)/C(=C/c1cc(Br)cc3c1OCOC3)O2. The summed E-state index contributed by atoms with van der Waals surface area (Å²) in [6, 6.07) is 16.5. The lowest BCUT2D eigenvalue weighted by Gasteiger charge is -2.20. The molecule has 2 aliphatic heterocycles. The molecule has 0 fully saturated rings. The second-order valence-electron chi connectivity index (χ2n) is 8.08. The van der Waals surface area contributed by atoms with Gasteiger partial charge in [0.15, 0.2) is 19.2 Å². The number of carbonyl (C=O) groups excluding carboxylic acids is 2. The predicted molar refractivity (Wildman–Crippen MR) is 130 cm³/mol. The van der Waals surface area contributed by atoms with Crippen LogP contribution in [0, 0.1) is 6.92 Å². The summed E-state index contributed by atoms with van der Waals surface area (Å²) in [5, 5.41) is 0. The summed E-state index contributed by atoms with van der Waals surface area (Å²) in [5.74, 6) is 0.904. The van der Waals surface area contributed by atoms with Gasteiger partial charge in [0.2, 0.25) is 5.78 Å². The first-order valence-electron chi connectivity index (χ1n) is 10.9. The van der Waals surface area contributed by atoms with E-state index < -0.39 is 5.97 Å². The van der Waals surface area contributed by atoms with Crippen molar-refractivity contribution in [2.45, 2.75) is 20.1 Å². The zero-order valence-electron chi connectivity index (χ0n) is 18.8. The molecule has 0 saturated carbocycles. The van der Waals surface area contributed by atoms with Crippen molar-refractivity contribution in [1.82, 2.24) is 0 Å². The third-order valence-corrected chi connectivity index (χ3v) is 5.99. The first-order chi connectivity index (χ1) is 17.0. The third-order valence-electron chi connectivity index (χ3n) is 5.53. The molecule has 178 valence electrons. The molecule has 3 aromatic carbocycles.